The van der Waals surface area contributed by atoms with Crippen molar-refractivity contribution in [2.45, 2.75) is 12.2 Å². The monoisotopic (exact) mass is 272 g/mol. The van der Waals surface area contributed by atoms with Gasteiger partial charge in [0, 0.05) is 7.05 Å². The zero-order valence-electron chi connectivity index (χ0n) is 7.43. The zero-order chi connectivity index (χ0) is 10.9. The molecule has 1 unspecified atom stereocenters. The van der Waals surface area contributed by atoms with Crippen LogP contribution in [0, 0.1) is 0 Å². The van der Waals surface area contributed by atoms with E-state index >= 15 is 0 Å². The van der Waals surface area contributed by atoms with Gasteiger partial charge in [-0.05, 0) is 23.0 Å². The molecular formula is C6H8BrF3N4. The van der Waals surface area contributed by atoms with Crippen molar-refractivity contribution in [3.8, 4) is 0 Å². The molecule has 1 heterocycles. The minimum Gasteiger partial charge on any atom is -0.304 e. The Bertz CT molecular complexity index is 302. The first kappa shape index (κ1) is 11.4. The smallest absolute Gasteiger partial charge is 0.304 e. The van der Waals surface area contributed by atoms with Gasteiger partial charge < -0.3 is 5.32 Å². The van der Waals surface area contributed by atoms with Crippen LogP contribution in [0.3, 0.4) is 0 Å². The Labute approximate surface area is 86.6 Å². The first-order valence-electron chi connectivity index (χ1n) is 3.67. The fourth-order valence-corrected chi connectivity index (χ4v) is 1.66. The van der Waals surface area contributed by atoms with Gasteiger partial charge in [0.05, 0.1) is 5.69 Å². The maximum Gasteiger partial charge on any atom is 0.409 e. The van der Waals surface area contributed by atoms with E-state index in [0.717, 1.165) is 4.68 Å². The SMILES string of the molecule is CNC(c1c(Br)nnn1C)C(F)(F)F. The third-order valence-corrected chi connectivity index (χ3v) is 2.28. The van der Waals surface area contributed by atoms with Crippen molar-refractivity contribution in [2.24, 2.45) is 7.05 Å². The second-order valence-corrected chi connectivity index (χ2v) is 3.40. The fourth-order valence-electron chi connectivity index (χ4n) is 1.10. The Morgan fingerprint density at radius 1 is 1.50 bits per heavy atom. The van der Waals surface area contributed by atoms with E-state index in [4.69, 9.17) is 0 Å². The Hall–Kier alpha value is -0.630. The molecule has 0 aliphatic rings. The minimum absolute atomic E-state index is 0.0417. The minimum atomic E-state index is -4.37. The number of rotatable bonds is 2. The number of hydrogen-bond donors (Lipinski definition) is 1. The average Bonchev–Trinajstić information content (AvgIpc) is 2.34. The van der Waals surface area contributed by atoms with Crippen LogP contribution in [0.4, 0.5) is 13.2 Å². The largest absolute Gasteiger partial charge is 0.409 e. The van der Waals surface area contributed by atoms with Crippen molar-refractivity contribution < 1.29 is 13.2 Å². The third-order valence-electron chi connectivity index (χ3n) is 1.72. The summed E-state index contributed by atoms with van der Waals surface area (Å²) in [6, 6.07) is -1.77. The molecular weight excluding hydrogens is 265 g/mol. The highest BCUT2D eigenvalue weighted by Gasteiger charge is 2.43. The summed E-state index contributed by atoms with van der Waals surface area (Å²) in [6.07, 6.45) is -4.37. The summed E-state index contributed by atoms with van der Waals surface area (Å²) in [4.78, 5) is 0. The van der Waals surface area contributed by atoms with Crippen LogP contribution in [-0.4, -0.2) is 28.2 Å². The molecule has 4 nitrogen and oxygen atoms in total. The lowest BCUT2D eigenvalue weighted by Gasteiger charge is -2.19. The number of halogens is 4. The van der Waals surface area contributed by atoms with Gasteiger partial charge in [-0.1, -0.05) is 5.21 Å². The molecule has 14 heavy (non-hydrogen) atoms. The topological polar surface area (TPSA) is 42.7 Å². The maximum absolute atomic E-state index is 12.5. The van der Waals surface area contributed by atoms with Gasteiger partial charge in [-0.25, -0.2) is 4.68 Å². The summed E-state index contributed by atoms with van der Waals surface area (Å²) in [6.45, 7) is 0. The maximum atomic E-state index is 12.5. The number of hydrogen-bond acceptors (Lipinski definition) is 3. The fraction of sp³-hybridized carbons (Fsp3) is 0.667. The van der Waals surface area contributed by atoms with Crippen LogP contribution in [0.1, 0.15) is 11.7 Å². The Morgan fingerprint density at radius 2 is 2.07 bits per heavy atom. The van der Waals surface area contributed by atoms with Gasteiger partial charge >= 0.3 is 6.18 Å². The first-order chi connectivity index (χ1) is 6.38. The standard InChI is InChI=1S/C6H8BrF3N4/c1-11-4(6(8,9)10)3-5(7)12-13-14(3)2/h4,11H,1-2H3. The van der Waals surface area contributed by atoms with Crippen molar-refractivity contribution in [3.05, 3.63) is 10.3 Å². The highest BCUT2D eigenvalue weighted by atomic mass is 79.9. The molecule has 0 saturated heterocycles. The molecule has 8 heteroatoms. The Kier molecular flexibility index (Phi) is 3.15. The molecule has 0 fully saturated rings. The highest BCUT2D eigenvalue weighted by molar-refractivity contribution is 9.10. The normalized spacial score (nSPS) is 14.4. The van der Waals surface area contributed by atoms with Crippen molar-refractivity contribution in [3.63, 3.8) is 0 Å². The van der Waals surface area contributed by atoms with Crippen LogP contribution < -0.4 is 5.32 Å². The van der Waals surface area contributed by atoms with Crippen LogP contribution in [0.15, 0.2) is 4.60 Å². The molecule has 0 spiro atoms. The predicted octanol–water partition coefficient (Wildman–Crippen LogP) is 1.40. The molecule has 1 atom stereocenters. The van der Waals surface area contributed by atoms with Gasteiger partial charge in [0.15, 0.2) is 4.60 Å². The summed E-state index contributed by atoms with van der Waals surface area (Å²) in [5.74, 6) is 0. The summed E-state index contributed by atoms with van der Waals surface area (Å²) in [5.41, 5.74) is -0.0417. The summed E-state index contributed by atoms with van der Waals surface area (Å²) in [7, 11) is 2.64. The van der Waals surface area contributed by atoms with Crippen molar-refractivity contribution in [1.29, 1.82) is 0 Å². The molecule has 80 valence electrons. The van der Waals surface area contributed by atoms with Gasteiger partial charge in [0.25, 0.3) is 0 Å². The molecule has 0 aromatic carbocycles. The number of aryl methyl sites for hydroxylation is 1. The Balaban J connectivity index is 3.13. The van der Waals surface area contributed by atoms with Crippen LogP contribution in [0.2, 0.25) is 0 Å². The average molecular weight is 273 g/mol. The molecule has 0 amide bonds. The summed E-state index contributed by atoms with van der Waals surface area (Å²) in [5, 5.41) is 9.14. The van der Waals surface area contributed by atoms with Crippen molar-refractivity contribution >= 4 is 15.9 Å². The molecule has 0 aliphatic heterocycles. The Morgan fingerprint density at radius 3 is 2.36 bits per heavy atom. The number of alkyl halides is 3. The first-order valence-corrected chi connectivity index (χ1v) is 4.46. The van der Waals surface area contributed by atoms with E-state index in [9.17, 15) is 13.2 Å². The molecule has 1 N–H and O–H groups in total. The van der Waals surface area contributed by atoms with E-state index in [2.05, 4.69) is 31.6 Å². The quantitative estimate of drug-likeness (QED) is 0.885. The molecule has 1 aromatic rings. The van der Waals surface area contributed by atoms with E-state index < -0.39 is 12.2 Å². The summed E-state index contributed by atoms with van der Waals surface area (Å²) < 4.78 is 38.7. The van der Waals surface area contributed by atoms with Gasteiger partial charge in [-0.2, -0.15) is 13.2 Å². The van der Waals surface area contributed by atoms with E-state index in [1.807, 2.05) is 0 Å². The second kappa shape index (κ2) is 3.85. The lowest BCUT2D eigenvalue weighted by atomic mass is 10.2. The van der Waals surface area contributed by atoms with Crippen LogP contribution in [0.5, 0.6) is 0 Å². The lowest BCUT2D eigenvalue weighted by Crippen LogP contribution is -2.33. The van der Waals surface area contributed by atoms with Gasteiger partial charge in [0.2, 0.25) is 0 Å². The number of nitrogens with one attached hydrogen (secondary N) is 1. The van der Waals surface area contributed by atoms with E-state index in [1.54, 1.807) is 0 Å². The molecule has 0 bridgehead atoms. The molecule has 1 aromatic heterocycles. The van der Waals surface area contributed by atoms with E-state index in [-0.39, 0.29) is 10.3 Å². The van der Waals surface area contributed by atoms with Gasteiger partial charge in [-0.15, -0.1) is 5.10 Å². The lowest BCUT2D eigenvalue weighted by molar-refractivity contribution is -0.158. The molecule has 0 radical (unpaired) electrons. The number of aromatic nitrogens is 3. The van der Waals surface area contributed by atoms with Gasteiger partial charge in [-0.3, -0.25) is 0 Å². The van der Waals surface area contributed by atoms with Crippen LogP contribution >= 0.6 is 15.9 Å². The van der Waals surface area contributed by atoms with Gasteiger partial charge in [0.1, 0.15) is 6.04 Å². The predicted molar refractivity (Wildman–Crippen MR) is 46.6 cm³/mol. The second-order valence-electron chi connectivity index (χ2n) is 2.65. The zero-order valence-corrected chi connectivity index (χ0v) is 9.02. The molecule has 0 saturated carbocycles. The van der Waals surface area contributed by atoms with Crippen LogP contribution in [0.25, 0.3) is 0 Å². The third kappa shape index (κ3) is 2.06. The van der Waals surface area contributed by atoms with Crippen molar-refractivity contribution in [1.82, 2.24) is 20.3 Å². The number of nitrogens with zero attached hydrogens (tertiary/aromatic N) is 3. The van der Waals surface area contributed by atoms with Crippen molar-refractivity contribution in [2.75, 3.05) is 7.05 Å². The summed E-state index contributed by atoms with van der Waals surface area (Å²) >= 11 is 2.92. The highest BCUT2D eigenvalue weighted by Crippen LogP contribution is 2.34. The van der Waals surface area contributed by atoms with E-state index in [1.165, 1.54) is 14.1 Å². The van der Waals surface area contributed by atoms with Crippen LogP contribution in [-0.2, 0) is 7.05 Å². The molecule has 0 aliphatic carbocycles. The molecule has 1 rings (SSSR count). The van der Waals surface area contributed by atoms with E-state index in [0.29, 0.717) is 0 Å².